The van der Waals surface area contributed by atoms with E-state index >= 15 is 0 Å². The molecule has 0 fully saturated rings. The van der Waals surface area contributed by atoms with Crippen molar-refractivity contribution in [2.45, 2.75) is 50.6 Å². The topological polar surface area (TPSA) is 92.8 Å². The van der Waals surface area contributed by atoms with Crippen molar-refractivity contribution >= 4 is 27.6 Å². The number of nitrogens with one attached hydrogen (secondary N) is 1. The Morgan fingerprint density at radius 1 is 1.20 bits per heavy atom. The second kappa shape index (κ2) is 8.87. The van der Waals surface area contributed by atoms with Crippen molar-refractivity contribution in [2.75, 3.05) is 10.9 Å². The van der Waals surface area contributed by atoms with Crippen LogP contribution < -0.4 is 9.62 Å². The molecule has 0 aliphatic carbocycles. The molecule has 2 aromatic rings. The molecule has 0 unspecified atom stereocenters. The van der Waals surface area contributed by atoms with Gasteiger partial charge in [-0.3, -0.25) is 9.10 Å². The van der Waals surface area contributed by atoms with Crippen LogP contribution in [0.15, 0.2) is 53.4 Å². The van der Waals surface area contributed by atoms with Gasteiger partial charge in [0.25, 0.3) is 15.9 Å². The van der Waals surface area contributed by atoms with Gasteiger partial charge in [-0.15, -0.1) is 0 Å². The van der Waals surface area contributed by atoms with Crippen LogP contribution in [0.2, 0.25) is 0 Å². The Hall–Kier alpha value is -2.87. The van der Waals surface area contributed by atoms with Gasteiger partial charge in [-0.25, -0.2) is 13.2 Å². The van der Waals surface area contributed by atoms with Gasteiger partial charge in [0, 0.05) is 12.1 Å². The van der Waals surface area contributed by atoms with Gasteiger partial charge in [-0.2, -0.15) is 0 Å². The predicted molar refractivity (Wildman–Crippen MR) is 114 cm³/mol. The Morgan fingerprint density at radius 2 is 1.93 bits per heavy atom. The normalized spacial score (nSPS) is 16.6. The summed E-state index contributed by atoms with van der Waals surface area (Å²) < 4.78 is 33.1. The molecule has 0 aromatic heterocycles. The Bertz CT molecular complexity index is 1050. The Kier molecular flexibility index (Phi) is 6.45. The highest BCUT2D eigenvalue weighted by Gasteiger charge is 2.36. The van der Waals surface area contributed by atoms with Gasteiger partial charge in [0.1, 0.15) is 0 Å². The van der Waals surface area contributed by atoms with Crippen LogP contribution in [0.4, 0.5) is 5.69 Å². The number of nitrogens with zero attached hydrogens (tertiary/aromatic N) is 1. The summed E-state index contributed by atoms with van der Waals surface area (Å²) in [7, 11) is -3.86. The lowest BCUT2D eigenvalue weighted by Gasteiger charge is -2.24. The monoisotopic (exact) mass is 430 g/mol. The molecule has 0 bridgehead atoms. The first-order valence-electron chi connectivity index (χ1n) is 9.93. The summed E-state index contributed by atoms with van der Waals surface area (Å²) in [5.74, 6) is -1.15. The third-order valence-corrected chi connectivity index (χ3v) is 7.05. The molecule has 1 N–H and O–H groups in total. The molecule has 0 spiro atoms. The van der Waals surface area contributed by atoms with Crippen molar-refractivity contribution in [1.29, 1.82) is 0 Å². The average Bonchev–Trinajstić information content (AvgIpc) is 3.08. The fourth-order valence-corrected chi connectivity index (χ4v) is 5.17. The minimum absolute atomic E-state index is 0.00422. The molecule has 1 aliphatic rings. The van der Waals surface area contributed by atoms with E-state index < -0.39 is 28.5 Å². The van der Waals surface area contributed by atoms with Crippen LogP contribution in [0.1, 0.15) is 43.1 Å². The summed E-state index contributed by atoms with van der Waals surface area (Å²) in [6.45, 7) is 5.22. The fourth-order valence-electron chi connectivity index (χ4n) is 3.43. The largest absolute Gasteiger partial charge is 0.452 e. The fraction of sp³-hybridized carbons (Fsp3) is 0.364. The summed E-state index contributed by atoms with van der Waals surface area (Å²) in [5.41, 5.74) is 1.70. The van der Waals surface area contributed by atoms with Crippen molar-refractivity contribution in [1.82, 2.24) is 5.32 Å². The third-order valence-electron chi connectivity index (χ3n) is 5.13. The molecule has 0 saturated heterocycles. The smallest absolute Gasteiger partial charge is 0.338 e. The standard InChI is InChI=1S/C22H26N2O5S/c1-4-15(2)23-21(25)14-29-22(26)18-9-7-10-19(13-18)30(27,28)24-16(3)12-17-8-5-6-11-20(17)24/h5-11,13,15-16H,4,12,14H2,1-3H3,(H,23,25)/t15-,16+/m1/s1. The summed E-state index contributed by atoms with van der Waals surface area (Å²) in [6, 6.07) is 12.8. The zero-order valence-corrected chi connectivity index (χ0v) is 18.1. The van der Waals surface area contributed by atoms with Crippen LogP contribution in [-0.4, -0.2) is 39.0 Å². The van der Waals surface area contributed by atoms with Crippen LogP contribution in [0.5, 0.6) is 0 Å². The van der Waals surface area contributed by atoms with Crippen LogP contribution >= 0.6 is 0 Å². The number of esters is 1. The van der Waals surface area contributed by atoms with Crippen LogP contribution in [0, 0.1) is 0 Å². The van der Waals surface area contributed by atoms with Crippen molar-refractivity contribution in [2.24, 2.45) is 0 Å². The minimum atomic E-state index is -3.86. The molecule has 8 heteroatoms. The number of para-hydroxylation sites is 1. The molecule has 30 heavy (non-hydrogen) atoms. The molecule has 1 aliphatic heterocycles. The van der Waals surface area contributed by atoms with E-state index in [2.05, 4.69) is 5.32 Å². The molecule has 7 nitrogen and oxygen atoms in total. The summed E-state index contributed by atoms with van der Waals surface area (Å²) in [5, 5.41) is 2.70. The van der Waals surface area contributed by atoms with Gasteiger partial charge in [-0.05, 0) is 56.5 Å². The average molecular weight is 431 g/mol. The molecule has 2 atom stereocenters. The SMILES string of the molecule is CC[C@@H](C)NC(=O)COC(=O)c1cccc(S(=O)(=O)N2c3ccccc3C[C@@H]2C)c1. The number of fused-ring (bicyclic) bond motifs is 1. The quantitative estimate of drug-likeness (QED) is 0.682. The minimum Gasteiger partial charge on any atom is -0.452 e. The molecule has 1 amide bonds. The first kappa shape index (κ1) is 21.8. The third kappa shape index (κ3) is 4.48. The number of ether oxygens (including phenoxy) is 1. The second-order valence-corrected chi connectivity index (χ2v) is 9.28. The van der Waals surface area contributed by atoms with Crippen molar-refractivity contribution in [3.63, 3.8) is 0 Å². The van der Waals surface area contributed by atoms with Crippen LogP contribution in [0.25, 0.3) is 0 Å². The maximum atomic E-state index is 13.3. The first-order chi connectivity index (χ1) is 14.2. The van der Waals surface area contributed by atoms with E-state index in [1.165, 1.54) is 28.6 Å². The van der Waals surface area contributed by atoms with Gasteiger partial charge in [0.15, 0.2) is 6.61 Å². The van der Waals surface area contributed by atoms with Crippen molar-refractivity contribution < 1.29 is 22.7 Å². The number of benzene rings is 2. The number of carbonyl (C=O) groups excluding carboxylic acids is 2. The van der Waals surface area contributed by atoms with Gasteiger partial charge < -0.3 is 10.1 Å². The Morgan fingerprint density at radius 3 is 2.67 bits per heavy atom. The predicted octanol–water partition coefficient (Wildman–Crippen LogP) is 2.90. The first-order valence-corrected chi connectivity index (χ1v) is 11.4. The van der Waals surface area contributed by atoms with Crippen molar-refractivity contribution in [3.8, 4) is 0 Å². The Labute approximate surface area is 177 Å². The molecular formula is C22H26N2O5S. The zero-order valence-electron chi connectivity index (χ0n) is 17.3. The lowest BCUT2D eigenvalue weighted by molar-refractivity contribution is -0.124. The highest BCUT2D eigenvalue weighted by molar-refractivity contribution is 7.92. The van der Waals surface area contributed by atoms with E-state index in [1.807, 2.05) is 32.9 Å². The maximum absolute atomic E-state index is 13.3. The number of anilines is 1. The van der Waals surface area contributed by atoms with Crippen LogP contribution in [0.3, 0.4) is 0 Å². The summed E-state index contributed by atoms with van der Waals surface area (Å²) in [6.07, 6.45) is 1.39. The van der Waals surface area contributed by atoms with E-state index in [0.29, 0.717) is 12.1 Å². The molecule has 1 heterocycles. The number of hydrogen-bond acceptors (Lipinski definition) is 5. The zero-order chi connectivity index (χ0) is 21.9. The van der Waals surface area contributed by atoms with Gasteiger partial charge >= 0.3 is 5.97 Å². The number of rotatable bonds is 7. The number of hydrogen-bond donors (Lipinski definition) is 1. The molecule has 3 rings (SSSR count). The van der Waals surface area contributed by atoms with E-state index in [0.717, 1.165) is 12.0 Å². The van der Waals surface area contributed by atoms with E-state index in [4.69, 9.17) is 4.74 Å². The van der Waals surface area contributed by atoms with E-state index in [-0.39, 0.29) is 22.5 Å². The van der Waals surface area contributed by atoms with Crippen LogP contribution in [-0.2, 0) is 26.0 Å². The molecule has 0 saturated carbocycles. The highest BCUT2D eigenvalue weighted by atomic mass is 32.2. The van der Waals surface area contributed by atoms with E-state index in [1.54, 1.807) is 12.1 Å². The lowest BCUT2D eigenvalue weighted by atomic mass is 10.1. The number of carbonyl (C=O) groups is 2. The second-order valence-electron chi connectivity index (χ2n) is 7.46. The van der Waals surface area contributed by atoms with E-state index in [9.17, 15) is 18.0 Å². The van der Waals surface area contributed by atoms with Gasteiger partial charge in [-0.1, -0.05) is 31.2 Å². The number of sulfonamides is 1. The number of amides is 1. The summed E-state index contributed by atoms with van der Waals surface area (Å²) >= 11 is 0. The highest BCUT2D eigenvalue weighted by Crippen LogP contribution is 2.36. The van der Waals surface area contributed by atoms with Gasteiger partial charge in [0.05, 0.1) is 16.1 Å². The summed E-state index contributed by atoms with van der Waals surface area (Å²) in [4.78, 5) is 24.2. The molecular weight excluding hydrogens is 404 g/mol. The maximum Gasteiger partial charge on any atom is 0.338 e. The lowest BCUT2D eigenvalue weighted by Crippen LogP contribution is -2.36. The molecule has 2 aromatic carbocycles. The Balaban J connectivity index is 1.78. The van der Waals surface area contributed by atoms with Gasteiger partial charge in [0.2, 0.25) is 0 Å². The molecule has 160 valence electrons. The molecule has 0 radical (unpaired) electrons. The van der Waals surface area contributed by atoms with Crippen molar-refractivity contribution in [3.05, 3.63) is 59.7 Å².